The molecule has 0 aromatic heterocycles. The number of nitrogens with zero attached hydrogens (tertiary/aromatic N) is 1. The first kappa shape index (κ1) is 12.3. The van der Waals surface area contributed by atoms with Gasteiger partial charge in [-0.25, -0.2) is 0 Å². The molecule has 1 aromatic rings. The molecule has 0 aliphatic heterocycles. The monoisotopic (exact) mass is 218 g/mol. The Morgan fingerprint density at radius 1 is 1.31 bits per heavy atom. The quantitative estimate of drug-likeness (QED) is 0.622. The fraction of sp³-hybridized carbons (Fsp3) is 0.308. The number of rotatable bonds is 3. The number of carbonyl (C=O) groups is 1. The fourth-order valence-electron chi connectivity index (χ4n) is 1.47. The largest absolute Gasteiger partial charge is 0.394 e. The van der Waals surface area contributed by atoms with E-state index >= 15 is 0 Å². The van der Waals surface area contributed by atoms with E-state index in [-0.39, 0.29) is 11.5 Å². The second-order valence-electron chi connectivity index (χ2n) is 4.20. The van der Waals surface area contributed by atoms with Crippen molar-refractivity contribution in [3.05, 3.63) is 46.8 Å². The minimum atomic E-state index is -0.116. The third kappa shape index (κ3) is 2.86. The molecule has 0 spiro atoms. The number of ketones is 1. The van der Waals surface area contributed by atoms with Crippen LogP contribution in [0.4, 0.5) is 0 Å². The molecular weight excluding hydrogens is 200 g/mol. The van der Waals surface area contributed by atoms with Crippen LogP contribution >= 0.6 is 0 Å². The van der Waals surface area contributed by atoms with Crippen molar-refractivity contribution in [2.24, 2.45) is 5.73 Å². The summed E-state index contributed by atoms with van der Waals surface area (Å²) in [7, 11) is 3.67. The zero-order valence-electron chi connectivity index (χ0n) is 10.2. The Morgan fingerprint density at radius 2 is 1.94 bits per heavy atom. The lowest BCUT2D eigenvalue weighted by Gasteiger charge is -2.09. The number of Topliss-reactive ketones (excluding diaryl/α,β-unsaturated/α-hetero) is 1. The summed E-state index contributed by atoms with van der Waals surface area (Å²) in [4.78, 5) is 13.8. The van der Waals surface area contributed by atoms with Gasteiger partial charge in [-0.15, -0.1) is 0 Å². The van der Waals surface area contributed by atoms with Gasteiger partial charge in [0.1, 0.15) is 0 Å². The average Bonchev–Trinajstić information content (AvgIpc) is 2.19. The molecule has 0 unspecified atom stereocenters. The highest BCUT2D eigenvalue weighted by Gasteiger charge is 2.12. The Kier molecular flexibility index (Phi) is 3.72. The molecule has 1 rings (SSSR count). The van der Waals surface area contributed by atoms with Crippen LogP contribution in [-0.4, -0.2) is 24.8 Å². The van der Waals surface area contributed by atoms with Crippen molar-refractivity contribution in [3.63, 3.8) is 0 Å². The van der Waals surface area contributed by atoms with Gasteiger partial charge in [0.05, 0.1) is 5.70 Å². The Bertz CT molecular complexity index is 434. The van der Waals surface area contributed by atoms with Crippen LogP contribution in [0.25, 0.3) is 0 Å². The Balaban J connectivity index is 3.10. The molecule has 0 aliphatic rings. The van der Waals surface area contributed by atoms with E-state index in [2.05, 4.69) is 0 Å². The molecule has 2 N–H and O–H groups in total. The second-order valence-corrected chi connectivity index (χ2v) is 4.20. The number of benzene rings is 1. The first-order valence-corrected chi connectivity index (χ1v) is 5.17. The van der Waals surface area contributed by atoms with Crippen molar-refractivity contribution in [2.45, 2.75) is 13.8 Å². The van der Waals surface area contributed by atoms with Gasteiger partial charge in [0.2, 0.25) is 5.78 Å². The predicted octanol–water partition coefficient (Wildman–Crippen LogP) is 1.85. The molecule has 0 atom stereocenters. The van der Waals surface area contributed by atoms with E-state index in [1.54, 1.807) is 11.1 Å². The second kappa shape index (κ2) is 4.84. The zero-order valence-corrected chi connectivity index (χ0v) is 10.2. The molecule has 1 aromatic carbocycles. The van der Waals surface area contributed by atoms with Crippen LogP contribution in [0.3, 0.4) is 0 Å². The predicted molar refractivity (Wildman–Crippen MR) is 66.2 cm³/mol. The molecule has 0 radical (unpaired) electrons. The van der Waals surface area contributed by atoms with Crippen LogP contribution in [0.5, 0.6) is 0 Å². The summed E-state index contributed by atoms with van der Waals surface area (Å²) in [5.41, 5.74) is 8.69. The van der Waals surface area contributed by atoms with Crippen molar-refractivity contribution in [2.75, 3.05) is 14.1 Å². The minimum absolute atomic E-state index is 0.116. The number of hydrogen-bond acceptors (Lipinski definition) is 3. The van der Waals surface area contributed by atoms with E-state index in [0.29, 0.717) is 5.56 Å². The summed E-state index contributed by atoms with van der Waals surface area (Å²) < 4.78 is 0. The van der Waals surface area contributed by atoms with Crippen molar-refractivity contribution in [1.29, 1.82) is 0 Å². The van der Waals surface area contributed by atoms with Crippen LogP contribution < -0.4 is 5.73 Å². The van der Waals surface area contributed by atoms with Gasteiger partial charge in [-0.1, -0.05) is 17.7 Å². The number of allylic oxidation sites excluding steroid dienone is 1. The molecule has 16 heavy (non-hydrogen) atoms. The van der Waals surface area contributed by atoms with Crippen LogP contribution in [0, 0.1) is 13.8 Å². The summed E-state index contributed by atoms with van der Waals surface area (Å²) >= 11 is 0. The fourth-order valence-corrected chi connectivity index (χ4v) is 1.47. The van der Waals surface area contributed by atoms with Gasteiger partial charge >= 0.3 is 0 Å². The molecule has 0 aliphatic carbocycles. The number of aryl methyl sites for hydroxylation is 2. The normalized spacial score (nSPS) is 11.4. The lowest BCUT2D eigenvalue weighted by molar-refractivity contribution is 0.103. The molecule has 3 heteroatoms. The molecule has 86 valence electrons. The molecule has 0 saturated heterocycles. The standard InChI is InChI=1S/C13H18N2O/c1-9-5-6-10(2)11(7-9)13(16)12(14)8-15(3)4/h5-8H,14H2,1-4H3/b12-8-. The third-order valence-electron chi connectivity index (χ3n) is 2.30. The average molecular weight is 218 g/mol. The highest BCUT2D eigenvalue weighted by Crippen LogP contribution is 2.13. The minimum Gasteiger partial charge on any atom is -0.394 e. The highest BCUT2D eigenvalue weighted by atomic mass is 16.1. The summed E-state index contributed by atoms with van der Waals surface area (Å²) in [6.45, 7) is 3.87. The van der Waals surface area contributed by atoms with Gasteiger partial charge in [-0.2, -0.15) is 0 Å². The van der Waals surface area contributed by atoms with E-state index in [1.165, 1.54) is 0 Å². The van der Waals surface area contributed by atoms with Crippen LogP contribution in [-0.2, 0) is 0 Å². The number of carbonyl (C=O) groups excluding carboxylic acids is 1. The van der Waals surface area contributed by atoms with Crippen molar-refractivity contribution >= 4 is 5.78 Å². The number of hydrogen-bond donors (Lipinski definition) is 1. The highest BCUT2D eigenvalue weighted by molar-refractivity contribution is 6.09. The van der Waals surface area contributed by atoms with E-state index in [1.807, 2.05) is 46.1 Å². The first-order chi connectivity index (χ1) is 7.41. The SMILES string of the molecule is Cc1ccc(C)c(C(=O)/C(N)=C/N(C)C)c1. The van der Waals surface area contributed by atoms with Crippen molar-refractivity contribution in [3.8, 4) is 0 Å². The molecule has 0 fully saturated rings. The van der Waals surface area contributed by atoms with Crippen LogP contribution in [0.2, 0.25) is 0 Å². The first-order valence-electron chi connectivity index (χ1n) is 5.17. The van der Waals surface area contributed by atoms with Gasteiger partial charge in [0.25, 0.3) is 0 Å². The van der Waals surface area contributed by atoms with Gasteiger partial charge < -0.3 is 10.6 Å². The molecular formula is C13H18N2O. The van der Waals surface area contributed by atoms with E-state index in [0.717, 1.165) is 11.1 Å². The third-order valence-corrected chi connectivity index (χ3v) is 2.30. The van der Waals surface area contributed by atoms with E-state index in [4.69, 9.17) is 5.73 Å². The molecule has 0 amide bonds. The molecule has 0 saturated carbocycles. The maximum atomic E-state index is 12.0. The van der Waals surface area contributed by atoms with Gasteiger partial charge in [0, 0.05) is 25.9 Å². The summed E-state index contributed by atoms with van der Waals surface area (Å²) in [6, 6.07) is 5.79. The Labute approximate surface area is 96.6 Å². The van der Waals surface area contributed by atoms with Gasteiger partial charge in [0.15, 0.2) is 0 Å². The van der Waals surface area contributed by atoms with Crippen LogP contribution in [0.1, 0.15) is 21.5 Å². The lowest BCUT2D eigenvalue weighted by atomic mass is 10.0. The summed E-state index contributed by atoms with van der Waals surface area (Å²) in [6.07, 6.45) is 1.63. The molecule has 0 bridgehead atoms. The van der Waals surface area contributed by atoms with Crippen LogP contribution in [0.15, 0.2) is 30.1 Å². The van der Waals surface area contributed by atoms with E-state index < -0.39 is 0 Å². The smallest absolute Gasteiger partial charge is 0.210 e. The number of nitrogens with two attached hydrogens (primary N) is 1. The Hall–Kier alpha value is -1.77. The zero-order chi connectivity index (χ0) is 12.3. The van der Waals surface area contributed by atoms with Crippen molar-refractivity contribution in [1.82, 2.24) is 4.90 Å². The van der Waals surface area contributed by atoms with Crippen molar-refractivity contribution < 1.29 is 4.79 Å². The maximum absolute atomic E-state index is 12.0. The lowest BCUT2D eigenvalue weighted by Crippen LogP contribution is -2.17. The summed E-state index contributed by atoms with van der Waals surface area (Å²) in [5, 5.41) is 0. The summed E-state index contributed by atoms with van der Waals surface area (Å²) in [5.74, 6) is -0.116. The molecule has 3 nitrogen and oxygen atoms in total. The van der Waals surface area contributed by atoms with Gasteiger partial charge in [-0.05, 0) is 25.5 Å². The topological polar surface area (TPSA) is 46.3 Å². The van der Waals surface area contributed by atoms with Gasteiger partial charge in [-0.3, -0.25) is 4.79 Å². The molecule has 0 heterocycles. The Morgan fingerprint density at radius 3 is 2.50 bits per heavy atom. The maximum Gasteiger partial charge on any atom is 0.210 e. The van der Waals surface area contributed by atoms with E-state index in [9.17, 15) is 4.79 Å².